The van der Waals surface area contributed by atoms with Gasteiger partial charge >= 0.3 is 0 Å². The lowest BCUT2D eigenvalue weighted by atomic mass is 10.1. The molecule has 1 aromatic carbocycles. The molecule has 130 valence electrons. The molecule has 25 heavy (non-hydrogen) atoms. The fourth-order valence-electron chi connectivity index (χ4n) is 2.61. The summed E-state index contributed by atoms with van der Waals surface area (Å²) in [5.41, 5.74) is 2.83. The van der Waals surface area contributed by atoms with E-state index in [2.05, 4.69) is 17.2 Å². The first-order valence-electron chi connectivity index (χ1n) is 8.25. The maximum absolute atomic E-state index is 12.1. The summed E-state index contributed by atoms with van der Waals surface area (Å²) in [6.45, 7) is 4.89. The molecule has 3 aromatic rings. The second-order valence-electron chi connectivity index (χ2n) is 5.91. The van der Waals surface area contributed by atoms with E-state index in [1.807, 2.05) is 42.2 Å². The minimum atomic E-state index is 0.00428. The van der Waals surface area contributed by atoms with Gasteiger partial charge in [0, 0.05) is 42.0 Å². The Labute approximate surface area is 151 Å². The standard InChI is InChI=1S/C19H21N3O2S/c1-3-22-9-8-14(12-22)21-18(24)7-5-16-11-20-19(25-16)17-6-4-15(23)10-13(17)2/h4,6,8-12,23H,3,5,7H2,1-2H3,(H,21,24). The Morgan fingerprint density at radius 2 is 2.20 bits per heavy atom. The van der Waals surface area contributed by atoms with Gasteiger partial charge in [0.1, 0.15) is 10.8 Å². The highest BCUT2D eigenvalue weighted by atomic mass is 32.1. The SMILES string of the molecule is CCn1ccc(NC(=O)CCc2cnc(-c3ccc(O)cc3C)s2)c1. The first kappa shape index (κ1) is 17.2. The molecule has 6 heteroatoms. The topological polar surface area (TPSA) is 67.2 Å². The summed E-state index contributed by atoms with van der Waals surface area (Å²) in [4.78, 5) is 17.6. The van der Waals surface area contributed by atoms with Crippen molar-refractivity contribution in [2.75, 3.05) is 5.32 Å². The van der Waals surface area contributed by atoms with Gasteiger partial charge in [-0.1, -0.05) is 0 Å². The molecule has 0 aliphatic heterocycles. The third kappa shape index (κ3) is 4.28. The fraction of sp³-hybridized carbons (Fsp3) is 0.263. The van der Waals surface area contributed by atoms with Crippen LogP contribution in [0.25, 0.3) is 10.6 Å². The zero-order chi connectivity index (χ0) is 17.8. The van der Waals surface area contributed by atoms with E-state index in [1.165, 1.54) is 0 Å². The molecule has 0 bridgehead atoms. The monoisotopic (exact) mass is 355 g/mol. The molecular weight excluding hydrogens is 334 g/mol. The maximum Gasteiger partial charge on any atom is 0.224 e. The van der Waals surface area contributed by atoms with E-state index in [9.17, 15) is 9.90 Å². The number of amides is 1. The van der Waals surface area contributed by atoms with Gasteiger partial charge in [-0.15, -0.1) is 11.3 Å². The minimum Gasteiger partial charge on any atom is -0.508 e. The molecular formula is C19H21N3O2S. The summed E-state index contributed by atoms with van der Waals surface area (Å²) >= 11 is 1.59. The number of hydrogen-bond acceptors (Lipinski definition) is 4. The van der Waals surface area contributed by atoms with Crippen LogP contribution in [-0.4, -0.2) is 20.6 Å². The van der Waals surface area contributed by atoms with Crippen molar-refractivity contribution in [1.82, 2.24) is 9.55 Å². The number of benzene rings is 1. The minimum absolute atomic E-state index is 0.00428. The molecule has 0 saturated carbocycles. The van der Waals surface area contributed by atoms with Crippen LogP contribution in [0.2, 0.25) is 0 Å². The van der Waals surface area contributed by atoms with Gasteiger partial charge in [-0.25, -0.2) is 4.98 Å². The van der Waals surface area contributed by atoms with Gasteiger partial charge < -0.3 is 15.0 Å². The highest BCUT2D eigenvalue weighted by molar-refractivity contribution is 7.15. The van der Waals surface area contributed by atoms with Gasteiger partial charge in [0.05, 0.1) is 5.69 Å². The predicted octanol–water partition coefficient (Wildman–Crippen LogP) is 4.22. The molecule has 5 nitrogen and oxygen atoms in total. The van der Waals surface area contributed by atoms with E-state index < -0.39 is 0 Å². The molecule has 3 rings (SSSR count). The Hall–Kier alpha value is -2.60. The number of rotatable bonds is 6. The van der Waals surface area contributed by atoms with E-state index in [0.717, 1.165) is 33.2 Å². The molecule has 1 amide bonds. The number of aromatic hydroxyl groups is 1. The Morgan fingerprint density at radius 3 is 2.92 bits per heavy atom. The van der Waals surface area contributed by atoms with Gasteiger partial charge in [-0.3, -0.25) is 4.79 Å². The van der Waals surface area contributed by atoms with Crippen LogP contribution in [0.4, 0.5) is 5.69 Å². The largest absolute Gasteiger partial charge is 0.508 e. The van der Waals surface area contributed by atoms with Crippen LogP contribution >= 0.6 is 11.3 Å². The second kappa shape index (κ2) is 7.53. The van der Waals surface area contributed by atoms with E-state index in [-0.39, 0.29) is 11.7 Å². The molecule has 0 aliphatic carbocycles. The number of anilines is 1. The molecule has 0 unspecified atom stereocenters. The van der Waals surface area contributed by atoms with Gasteiger partial charge in [0.25, 0.3) is 0 Å². The van der Waals surface area contributed by atoms with E-state index >= 15 is 0 Å². The lowest BCUT2D eigenvalue weighted by molar-refractivity contribution is -0.116. The van der Waals surface area contributed by atoms with Crippen LogP contribution in [0.1, 0.15) is 23.8 Å². The van der Waals surface area contributed by atoms with Crippen LogP contribution in [0.15, 0.2) is 42.9 Å². The van der Waals surface area contributed by atoms with E-state index in [1.54, 1.807) is 23.5 Å². The van der Waals surface area contributed by atoms with Crippen molar-refractivity contribution in [2.45, 2.75) is 33.2 Å². The molecule has 2 aromatic heterocycles. The average molecular weight is 355 g/mol. The number of aromatic nitrogens is 2. The molecule has 0 fully saturated rings. The van der Waals surface area contributed by atoms with Gasteiger partial charge in [-0.2, -0.15) is 0 Å². The number of carbonyl (C=O) groups is 1. The van der Waals surface area contributed by atoms with Crippen molar-refractivity contribution >= 4 is 22.9 Å². The van der Waals surface area contributed by atoms with Crippen LogP contribution in [0.3, 0.4) is 0 Å². The smallest absolute Gasteiger partial charge is 0.224 e. The normalized spacial score (nSPS) is 10.8. The predicted molar refractivity (Wildman–Crippen MR) is 101 cm³/mol. The molecule has 2 N–H and O–H groups in total. The molecule has 2 heterocycles. The highest BCUT2D eigenvalue weighted by Crippen LogP contribution is 2.30. The molecule has 0 aliphatic rings. The van der Waals surface area contributed by atoms with E-state index in [0.29, 0.717) is 12.8 Å². The number of hydrogen-bond donors (Lipinski definition) is 2. The quantitative estimate of drug-likeness (QED) is 0.696. The molecule has 0 atom stereocenters. The first-order valence-corrected chi connectivity index (χ1v) is 9.07. The fourth-order valence-corrected chi connectivity index (χ4v) is 3.61. The van der Waals surface area contributed by atoms with Crippen molar-refractivity contribution < 1.29 is 9.90 Å². The van der Waals surface area contributed by atoms with Crippen LogP contribution in [0, 0.1) is 6.92 Å². The summed E-state index contributed by atoms with van der Waals surface area (Å²) in [5, 5.41) is 13.3. The van der Waals surface area contributed by atoms with Crippen molar-refractivity contribution in [1.29, 1.82) is 0 Å². The van der Waals surface area contributed by atoms with Crippen molar-refractivity contribution in [3.8, 4) is 16.3 Å². The molecule has 0 radical (unpaired) electrons. The van der Waals surface area contributed by atoms with E-state index in [4.69, 9.17) is 0 Å². The summed E-state index contributed by atoms with van der Waals surface area (Å²) in [6, 6.07) is 7.17. The zero-order valence-electron chi connectivity index (χ0n) is 14.3. The van der Waals surface area contributed by atoms with Crippen LogP contribution in [0.5, 0.6) is 5.75 Å². The van der Waals surface area contributed by atoms with Crippen molar-refractivity contribution in [3.63, 3.8) is 0 Å². The second-order valence-corrected chi connectivity index (χ2v) is 7.02. The van der Waals surface area contributed by atoms with Crippen molar-refractivity contribution in [3.05, 3.63) is 53.3 Å². The summed E-state index contributed by atoms with van der Waals surface area (Å²) in [7, 11) is 0. The first-order chi connectivity index (χ1) is 12.0. The number of nitrogens with zero attached hydrogens (tertiary/aromatic N) is 2. The third-order valence-corrected chi connectivity index (χ3v) is 5.08. The number of phenols is 1. The maximum atomic E-state index is 12.1. The molecule has 0 spiro atoms. The Bertz CT molecular complexity index is 882. The van der Waals surface area contributed by atoms with Crippen LogP contribution in [-0.2, 0) is 17.8 Å². The third-order valence-electron chi connectivity index (χ3n) is 3.99. The van der Waals surface area contributed by atoms with Gasteiger partial charge in [0.2, 0.25) is 5.91 Å². The summed E-state index contributed by atoms with van der Waals surface area (Å²) in [6.07, 6.45) is 6.79. The van der Waals surface area contributed by atoms with Gasteiger partial charge in [-0.05, 0) is 50.1 Å². The van der Waals surface area contributed by atoms with Crippen LogP contribution < -0.4 is 5.32 Å². The lowest BCUT2D eigenvalue weighted by Crippen LogP contribution is -2.11. The number of phenolic OH excluding ortho intramolecular Hbond substituents is 1. The Kier molecular flexibility index (Phi) is 5.19. The number of carbonyl (C=O) groups excluding carboxylic acids is 1. The lowest BCUT2D eigenvalue weighted by Gasteiger charge is -2.03. The zero-order valence-corrected chi connectivity index (χ0v) is 15.1. The number of nitrogens with one attached hydrogen (secondary N) is 1. The Balaban J connectivity index is 1.58. The number of thiazole rings is 1. The summed E-state index contributed by atoms with van der Waals surface area (Å²) in [5.74, 6) is 0.260. The average Bonchev–Trinajstić information content (AvgIpc) is 3.22. The Morgan fingerprint density at radius 1 is 1.36 bits per heavy atom. The van der Waals surface area contributed by atoms with Gasteiger partial charge in [0.15, 0.2) is 0 Å². The number of aryl methyl sites for hydroxylation is 3. The highest BCUT2D eigenvalue weighted by Gasteiger charge is 2.10. The van der Waals surface area contributed by atoms with Crippen molar-refractivity contribution in [2.24, 2.45) is 0 Å². The summed E-state index contributed by atoms with van der Waals surface area (Å²) < 4.78 is 2.02. The molecule has 0 saturated heterocycles.